The molecule has 0 aromatic heterocycles. The van der Waals surface area contributed by atoms with Gasteiger partial charge >= 0.3 is 0 Å². The van der Waals surface area contributed by atoms with Crippen LogP contribution in [-0.4, -0.2) is 13.1 Å². The monoisotopic (exact) mass is 269 g/mol. The summed E-state index contributed by atoms with van der Waals surface area (Å²) in [6.45, 7) is 7.05. The van der Waals surface area contributed by atoms with E-state index in [1.165, 1.54) is 11.1 Å². The van der Waals surface area contributed by atoms with E-state index >= 15 is 0 Å². The van der Waals surface area contributed by atoms with Crippen molar-refractivity contribution < 1.29 is 4.74 Å². The lowest BCUT2D eigenvalue weighted by Gasteiger charge is -2.13. The summed E-state index contributed by atoms with van der Waals surface area (Å²) in [5.74, 6) is 1.45. The molecule has 0 aliphatic carbocycles. The second-order valence-corrected chi connectivity index (χ2v) is 5.05. The van der Waals surface area contributed by atoms with E-state index in [4.69, 9.17) is 4.74 Å². The van der Waals surface area contributed by atoms with Crippen LogP contribution in [0.5, 0.6) is 5.75 Å². The first kappa shape index (κ1) is 14.6. The maximum absolute atomic E-state index is 5.74. The smallest absolute Gasteiger partial charge is 0.119 e. The number of likely N-dealkylation sites (N-methyl/N-ethyl adjacent to an activating group) is 1. The third kappa shape index (κ3) is 4.39. The summed E-state index contributed by atoms with van der Waals surface area (Å²) in [5.41, 5.74) is 2.57. The summed E-state index contributed by atoms with van der Waals surface area (Å²) in [6, 6.07) is 18.6. The van der Waals surface area contributed by atoms with Gasteiger partial charge in [-0.3, -0.25) is 0 Å². The van der Waals surface area contributed by atoms with E-state index < -0.39 is 0 Å². The van der Waals surface area contributed by atoms with Crippen molar-refractivity contribution in [3.63, 3.8) is 0 Å². The van der Waals surface area contributed by atoms with Gasteiger partial charge in [0.2, 0.25) is 0 Å². The molecule has 106 valence electrons. The fourth-order valence-corrected chi connectivity index (χ4v) is 2.10. The molecule has 2 rings (SSSR count). The summed E-state index contributed by atoms with van der Waals surface area (Å²) in [4.78, 5) is 0. The molecule has 0 aliphatic rings. The highest BCUT2D eigenvalue weighted by atomic mass is 16.5. The molecule has 0 amide bonds. The van der Waals surface area contributed by atoms with E-state index in [9.17, 15) is 0 Å². The van der Waals surface area contributed by atoms with Crippen LogP contribution in [0.3, 0.4) is 0 Å². The summed E-state index contributed by atoms with van der Waals surface area (Å²) < 4.78 is 5.74. The standard InChI is InChI=1S/C18H23NO/c1-3-19-13-15(2)17-11-9-16(10-12-17)14-20-18-7-5-4-6-8-18/h4-12,15,19H,3,13-14H2,1-2H3. The minimum absolute atomic E-state index is 0.541. The average Bonchev–Trinajstić information content (AvgIpc) is 2.52. The van der Waals surface area contributed by atoms with Crippen molar-refractivity contribution in [2.75, 3.05) is 13.1 Å². The molecule has 2 aromatic carbocycles. The summed E-state index contributed by atoms with van der Waals surface area (Å²) in [7, 11) is 0. The van der Waals surface area contributed by atoms with E-state index in [-0.39, 0.29) is 0 Å². The maximum atomic E-state index is 5.74. The molecule has 1 N–H and O–H groups in total. The van der Waals surface area contributed by atoms with E-state index in [0.717, 1.165) is 18.8 Å². The van der Waals surface area contributed by atoms with Crippen molar-refractivity contribution >= 4 is 0 Å². The van der Waals surface area contributed by atoms with E-state index in [1.54, 1.807) is 0 Å². The van der Waals surface area contributed by atoms with Gasteiger partial charge in [0.05, 0.1) is 0 Å². The Morgan fingerprint density at radius 2 is 1.70 bits per heavy atom. The van der Waals surface area contributed by atoms with Gasteiger partial charge in [0, 0.05) is 6.54 Å². The van der Waals surface area contributed by atoms with Gasteiger partial charge in [-0.15, -0.1) is 0 Å². The highest BCUT2D eigenvalue weighted by Crippen LogP contribution is 2.16. The molecule has 1 unspecified atom stereocenters. The lowest BCUT2D eigenvalue weighted by molar-refractivity contribution is 0.306. The topological polar surface area (TPSA) is 21.3 Å². The quantitative estimate of drug-likeness (QED) is 0.821. The predicted octanol–water partition coefficient (Wildman–Crippen LogP) is 3.98. The lowest BCUT2D eigenvalue weighted by atomic mass is 10.00. The number of para-hydroxylation sites is 1. The Kier molecular flexibility index (Phi) is 5.63. The van der Waals surface area contributed by atoms with Crippen LogP contribution in [0.25, 0.3) is 0 Å². The Balaban J connectivity index is 1.88. The van der Waals surface area contributed by atoms with E-state index in [2.05, 4.69) is 43.4 Å². The SMILES string of the molecule is CCNCC(C)c1ccc(COc2ccccc2)cc1. The first-order valence-electron chi connectivity index (χ1n) is 7.27. The molecular formula is C18H23NO. The molecule has 2 nitrogen and oxygen atoms in total. The zero-order chi connectivity index (χ0) is 14.2. The predicted molar refractivity (Wildman–Crippen MR) is 84.2 cm³/mol. The van der Waals surface area contributed by atoms with Crippen molar-refractivity contribution in [3.05, 3.63) is 65.7 Å². The van der Waals surface area contributed by atoms with Gasteiger partial charge in [-0.1, -0.05) is 56.3 Å². The Morgan fingerprint density at radius 3 is 2.35 bits per heavy atom. The molecule has 0 bridgehead atoms. The zero-order valence-corrected chi connectivity index (χ0v) is 12.3. The van der Waals surface area contributed by atoms with Crippen molar-refractivity contribution in [2.45, 2.75) is 26.4 Å². The molecule has 0 fully saturated rings. The molecule has 0 saturated heterocycles. The fourth-order valence-electron chi connectivity index (χ4n) is 2.10. The summed E-state index contributed by atoms with van der Waals surface area (Å²) in [6.07, 6.45) is 0. The number of benzene rings is 2. The van der Waals surface area contributed by atoms with Crippen LogP contribution in [0.1, 0.15) is 30.9 Å². The number of hydrogen-bond donors (Lipinski definition) is 1. The third-order valence-corrected chi connectivity index (χ3v) is 3.40. The second kappa shape index (κ2) is 7.71. The maximum Gasteiger partial charge on any atom is 0.119 e. The van der Waals surface area contributed by atoms with Gasteiger partial charge in [0.25, 0.3) is 0 Å². The number of hydrogen-bond acceptors (Lipinski definition) is 2. The average molecular weight is 269 g/mol. The molecule has 20 heavy (non-hydrogen) atoms. The normalized spacial score (nSPS) is 12.1. The molecule has 0 aliphatic heterocycles. The van der Waals surface area contributed by atoms with Crippen LogP contribution in [-0.2, 0) is 6.61 Å². The van der Waals surface area contributed by atoms with Gasteiger partial charge in [-0.05, 0) is 35.7 Å². The van der Waals surface area contributed by atoms with Crippen LogP contribution in [0.15, 0.2) is 54.6 Å². The molecule has 0 spiro atoms. The summed E-state index contributed by atoms with van der Waals surface area (Å²) >= 11 is 0. The highest BCUT2D eigenvalue weighted by molar-refractivity contribution is 5.26. The molecule has 2 heteroatoms. The van der Waals surface area contributed by atoms with Crippen LogP contribution < -0.4 is 10.1 Å². The van der Waals surface area contributed by atoms with Crippen LogP contribution in [0.2, 0.25) is 0 Å². The molecule has 0 radical (unpaired) electrons. The fraction of sp³-hybridized carbons (Fsp3) is 0.333. The number of rotatable bonds is 7. The largest absolute Gasteiger partial charge is 0.489 e. The molecule has 2 aromatic rings. The molecule has 0 saturated carbocycles. The molecule has 1 atom stereocenters. The van der Waals surface area contributed by atoms with E-state index in [0.29, 0.717) is 12.5 Å². The van der Waals surface area contributed by atoms with Gasteiger partial charge in [-0.25, -0.2) is 0 Å². The Bertz CT molecular complexity index is 493. The Hall–Kier alpha value is -1.80. The van der Waals surface area contributed by atoms with E-state index in [1.807, 2.05) is 30.3 Å². The van der Waals surface area contributed by atoms with Crippen molar-refractivity contribution in [1.29, 1.82) is 0 Å². The number of nitrogens with one attached hydrogen (secondary N) is 1. The Labute approximate surface area is 121 Å². The van der Waals surface area contributed by atoms with Gasteiger partial charge in [0.1, 0.15) is 12.4 Å². The molecular weight excluding hydrogens is 246 g/mol. The second-order valence-electron chi connectivity index (χ2n) is 5.05. The molecule has 0 heterocycles. The van der Waals surface area contributed by atoms with Crippen LogP contribution in [0, 0.1) is 0 Å². The zero-order valence-electron chi connectivity index (χ0n) is 12.3. The minimum atomic E-state index is 0.541. The van der Waals surface area contributed by atoms with Crippen LogP contribution in [0.4, 0.5) is 0 Å². The summed E-state index contributed by atoms with van der Waals surface area (Å²) in [5, 5.41) is 3.38. The Morgan fingerprint density at radius 1 is 1.00 bits per heavy atom. The first-order chi connectivity index (χ1) is 9.79. The van der Waals surface area contributed by atoms with Crippen molar-refractivity contribution in [1.82, 2.24) is 5.32 Å². The highest BCUT2D eigenvalue weighted by Gasteiger charge is 2.04. The van der Waals surface area contributed by atoms with Gasteiger partial charge in [0.15, 0.2) is 0 Å². The van der Waals surface area contributed by atoms with Crippen molar-refractivity contribution in [2.24, 2.45) is 0 Å². The third-order valence-electron chi connectivity index (χ3n) is 3.40. The van der Waals surface area contributed by atoms with Crippen LogP contribution >= 0.6 is 0 Å². The van der Waals surface area contributed by atoms with Gasteiger partial charge < -0.3 is 10.1 Å². The van der Waals surface area contributed by atoms with Crippen molar-refractivity contribution in [3.8, 4) is 5.75 Å². The lowest BCUT2D eigenvalue weighted by Crippen LogP contribution is -2.19. The first-order valence-corrected chi connectivity index (χ1v) is 7.27. The number of ether oxygens (including phenoxy) is 1. The minimum Gasteiger partial charge on any atom is -0.489 e. The van der Waals surface area contributed by atoms with Gasteiger partial charge in [-0.2, -0.15) is 0 Å².